The molecule has 1 saturated carbocycles. The van der Waals surface area contributed by atoms with E-state index in [1.165, 1.54) is 4.90 Å². The van der Waals surface area contributed by atoms with E-state index in [1.54, 1.807) is 0 Å². The van der Waals surface area contributed by atoms with E-state index in [-0.39, 0.29) is 31.8 Å². The molecular weight excluding hydrogens is 258 g/mol. The fraction of sp³-hybridized carbons (Fsp3) is 0.714. The van der Waals surface area contributed by atoms with E-state index >= 15 is 0 Å². The number of carboxylic acid groups (broad SMARTS) is 1. The fourth-order valence-electron chi connectivity index (χ4n) is 2.66. The maximum Gasteiger partial charge on any atom is 0.307 e. The Hall–Kier alpha value is -2.08. The van der Waals surface area contributed by atoms with Crippen LogP contribution in [-0.2, 0) is 9.59 Å². The van der Waals surface area contributed by atoms with E-state index in [1.807, 2.05) is 12.1 Å². The molecule has 1 fully saturated rings. The third-order valence-corrected chi connectivity index (χ3v) is 3.70. The molecule has 1 rings (SSSR count). The summed E-state index contributed by atoms with van der Waals surface area (Å²) in [6.07, 6.45) is 3.17. The first-order chi connectivity index (χ1) is 9.61. The van der Waals surface area contributed by atoms with E-state index in [4.69, 9.17) is 10.5 Å². The average molecular weight is 277 g/mol. The summed E-state index contributed by atoms with van der Waals surface area (Å²) in [4.78, 5) is 25.2. The standard InChI is InChI=1S/C14H19N3O3/c15-7-3-9-17(10-4-8-16)13(18)11-5-1-2-6-12(11)14(19)20/h11-12H,1-6,9-10H2,(H,19,20)/t11-,12+/m1/s1. The molecule has 1 N–H and O–H groups in total. The molecule has 1 amide bonds. The van der Waals surface area contributed by atoms with Crippen molar-refractivity contribution in [3.63, 3.8) is 0 Å². The first-order valence-corrected chi connectivity index (χ1v) is 6.87. The molecule has 0 radical (unpaired) electrons. The van der Waals surface area contributed by atoms with Gasteiger partial charge < -0.3 is 10.0 Å². The summed E-state index contributed by atoms with van der Waals surface area (Å²) in [5, 5.41) is 26.5. The molecule has 0 spiro atoms. The van der Waals surface area contributed by atoms with Gasteiger partial charge in [-0.2, -0.15) is 10.5 Å². The zero-order valence-corrected chi connectivity index (χ0v) is 11.4. The van der Waals surface area contributed by atoms with Crippen LogP contribution in [0.2, 0.25) is 0 Å². The lowest BCUT2D eigenvalue weighted by atomic mass is 9.78. The highest BCUT2D eigenvalue weighted by atomic mass is 16.4. The van der Waals surface area contributed by atoms with Gasteiger partial charge in [0.25, 0.3) is 0 Å². The summed E-state index contributed by atoms with van der Waals surface area (Å²) in [5.41, 5.74) is 0. The van der Waals surface area contributed by atoms with Crippen LogP contribution in [0.4, 0.5) is 0 Å². The van der Waals surface area contributed by atoms with Gasteiger partial charge in [-0.15, -0.1) is 0 Å². The fourth-order valence-corrected chi connectivity index (χ4v) is 2.66. The number of hydrogen-bond acceptors (Lipinski definition) is 4. The molecule has 0 saturated heterocycles. The molecule has 0 heterocycles. The number of carboxylic acids is 1. The van der Waals surface area contributed by atoms with Crippen LogP contribution in [0.3, 0.4) is 0 Å². The number of nitriles is 2. The molecule has 1 aliphatic carbocycles. The normalized spacial score (nSPS) is 21.5. The van der Waals surface area contributed by atoms with Crippen molar-refractivity contribution in [2.24, 2.45) is 11.8 Å². The molecule has 1 aliphatic rings. The zero-order valence-electron chi connectivity index (χ0n) is 11.4. The maximum absolute atomic E-state index is 12.5. The lowest BCUT2D eigenvalue weighted by molar-refractivity contribution is -0.152. The number of amides is 1. The minimum atomic E-state index is -0.927. The van der Waals surface area contributed by atoms with Gasteiger partial charge in [0.1, 0.15) is 0 Å². The molecule has 2 atom stereocenters. The van der Waals surface area contributed by atoms with E-state index in [2.05, 4.69) is 0 Å². The monoisotopic (exact) mass is 277 g/mol. The highest BCUT2D eigenvalue weighted by Crippen LogP contribution is 2.31. The summed E-state index contributed by atoms with van der Waals surface area (Å²) in [5.74, 6) is -2.30. The van der Waals surface area contributed by atoms with Crippen molar-refractivity contribution in [1.29, 1.82) is 10.5 Å². The SMILES string of the molecule is N#CCCN(CCC#N)C(=O)[C@@H]1CCCC[C@@H]1C(=O)O. The van der Waals surface area contributed by atoms with Gasteiger partial charge in [0.15, 0.2) is 0 Å². The van der Waals surface area contributed by atoms with E-state index < -0.39 is 17.8 Å². The highest BCUT2D eigenvalue weighted by Gasteiger charge is 2.37. The van der Waals surface area contributed by atoms with Crippen molar-refractivity contribution >= 4 is 11.9 Å². The third kappa shape index (κ3) is 4.24. The molecule has 108 valence electrons. The minimum absolute atomic E-state index is 0.196. The largest absolute Gasteiger partial charge is 0.481 e. The van der Waals surface area contributed by atoms with Crippen molar-refractivity contribution in [2.75, 3.05) is 13.1 Å². The third-order valence-electron chi connectivity index (χ3n) is 3.70. The second kappa shape index (κ2) is 8.16. The average Bonchev–Trinajstić information content (AvgIpc) is 2.46. The van der Waals surface area contributed by atoms with Crippen LogP contribution < -0.4 is 0 Å². The van der Waals surface area contributed by atoms with Crippen molar-refractivity contribution in [2.45, 2.75) is 38.5 Å². The summed E-state index contributed by atoms with van der Waals surface area (Å²) in [7, 11) is 0. The number of hydrogen-bond donors (Lipinski definition) is 1. The molecule has 0 unspecified atom stereocenters. The molecule has 0 aromatic heterocycles. The first-order valence-electron chi connectivity index (χ1n) is 6.87. The van der Waals surface area contributed by atoms with Gasteiger partial charge in [-0.3, -0.25) is 9.59 Å². The number of carbonyl (C=O) groups is 2. The maximum atomic E-state index is 12.5. The number of aliphatic carboxylic acids is 1. The van der Waals surface area contributed by atoms with Crippen molar-refractivity contribution < 1.29 is 14.7 Å². The summed E-state index contributed by atoms with van der Waals surface area (Å²) < 4.78 is 0. The Balaban J connectivity index is 2.77. The van der Waals surface area contributed by atoms with Gasteiger partial charge in [-0.1, -0.05) is 12.8 Å². The van der Waals surface area contributed by atoms with Crippen LogP contribution in [0, 0.1) is 34.5 Å². The Kier molecular flexibility index (Phi) is 6.52. The van der Waals surface area contributed by atoms with Gasteiger partial charge in [0, 0.05) is 13.1 Å². The van der Waals surface area contributed by atoms with Crippen molar-refractivity contribution in [1.82, 2.24) is 4.90 Å². The Morgan fingerprint density at radius 2 is 1.55 bits per heavy atom. The van der Waals surface area contributed by atoms with Crippen molar-refractivity contribution in [3.8, 4) is 12.1 Å². The summed E-state index contributed by atoms with van der Waals surface area (Å²) in [6, 6.07) is 3.95. The second-order valence-corrected chi connectivity index (χ2v) is 4.98. The van der Waals surface area contributed by atoms with Gasteiger partial charge >= 0.3 is 5.97 Å². The molecule has 0 aliphatic heterocycles. The zero-order chi connectivity index (χ0) is 15.0. The topological polar surface area (TPSA) is 105 Å². The molecule has 20 heavy (non-hydrogen) atoms. The summed E-state index contributed by atoms with van der Waals surface area (Å²) in [6.45, 7) is 0.527. The van der Waals surface area contributed by atoms with E-state index in [0.717, 1.165) is 12.8 Å². The Morgan fingerprint density at radius 3 is 2.00 bits per heavy atom. The number of nitrogens with zero attached hydrogens (tertiary/aromatic N) is 3. The first kappa shape index (κ1) is 16.0. The summed E-state index contributed by atoms with van der Waals surface area (Å²) >= 11 is 0. The van der Waals surface area contributed by atoms with Crippen LogP contribution in [0.15, 0.2) is 0 Å². The molecule has 6 heteroatoms. The minimum Gasteiger partial charge on any atom is -0.481 e. The lowest BCUT2D eigenvalue weighted by Gasteiger charge is -2.32. The van der Waals surface area contributed by atoms with Crippen LogP contribution in [0.1, 0.15) is 38.5 Å². The molecule has 6 nitrogen and oxygen atoms in total. The Bertz CT molecular complexity index is 418. The second-order valence-electron chi connectivity index (χ2n) is 4.98. The van der Waals surface area contributed by atoms with Gasteiger partial charge in [0.05, 0.1) is 36.8 Å². The van der Waals surface area contributed by atoms with Crippen LogP contribution in [-0.4, -0.2) is 35.0 Å². The van der Waals surface area contributed by atoms with E-state index in [9.17, 15) is 14.7 Å². The van der Waals surface area contributed by atoms with Crippen LogP contribution >= 0.6 is 0 Å². The Morgan fingerprint density at radius 1 is 1.05 bits per heavy atom. The van der Waals surface area contributed by atoms with Gasteiger partial charge in [-0.05, 0) is 12.8 Å². The number of rotatable bonds is 6. The predicted octanol–water partition coefficient (Wildman–Crippen LogP) is 1.53. The van der Waals surface area contributed by atoms with E-state index in [0.29, 0.717) is 12.8 Å². The Labute approximate surface area is 118 Å². The lowest BCUT2D eigenvalue weighted by Crippen LogP contribution is -2.43. The molecule has 0 aromatic rings. The van der Waals surface area contributed by atoms with Crippen LogP contribution in [0.5, 0.6) is 0 Å². The highest BCUT2D eigenvalue weighted by molar-refractivity contribution is 5.85. The van der Waals surface area contributed by atoms with Crippen molar-refractivity contribution in [3.05, 3.63) is 0 Å². The quantitative estimate of drug-likeness (QED) is 0.792. The van der Waals surface area contributed by atoms with Gasteiger partial charge in [0.2, 0.25) is 5.91 Å². The van der Waals surface area contributed by atoms with Crippen LogP contribution in [0.25, 0.3) is 0 Å². The predicted molar refractivity (Wildman–Crippen MR) is 70.1 cm³/mol. The molecule has 0 aromatic carbocycles. The molecule has 0 bridgehead atoms. The number of carbonyl (C=O) groups excluding carboxylic acids is 1. The van der Waals surface area contributed by atoms with Gasteiger partial charge in [-0.25, -0.2) is 0 Å². The smallest absolute Gasteiger partial charge is 0.307 e. The molecular formula is C14H19N3O3.